The summed E-state index contributed by atoms with van der Waals surface area (Å²) in [7, 11) is 2.38. The molecule has 0 heterocycles. The normalized spacial score (nSPS) is 11.8. The molecule has 0 saturated carbocycles. The Morgan fingerprint density at radius 3 is 0.900 bits per heavy atom. The van der Waals surface area contributed by atoms with Gasteiger partial charge in [-0.15, -0.1) is 0 Å². The first-order valence-corrected chi connectivity index (χ1v) is 3.58. The fourth-order valence-corrected chi connectivity index (χ4v) is 1.30. The van der Waals surface area contributed by atoms with Gasteiger partial charge in [-0.3, -0.25) is 0 Å². The molecule has 0 aliphatic carbocycles. The van der Waals surface area contributed by atoms with Crippen LogP contribution >= 0.6 is 0 Å². The molecule has 0 unspecified atom stereocenters. The Hall–Kier alpha value is -0.00506. The fourth-order valence-electron chi connectivity index (χ4n) is 1.30. The first-order valence-electron chi connectivity index (χ1n) is 3.58. The van der Waals surface area contributed by atoms with E-state index >= 15 is 0 Å². The summed E-state index contributed by atoms with van der Waals surface area (Å²) in [5.74, 6) is 0. The zero-order valence-electron chi connectivity index (χ0n) is 7.96. The topological polar surface area (TPSA) is 0 Å². The Morgan fingerprint density at radius 2 is 0.900 bits per heavy atom. The van der Waals surface area contributed by atoms with Gasteiger partial charge in [-0.25, -0.2) is 0 Å². The molecule has 0 aromatic rings. The number of hydrogen-bond donors (Lipinski definition) is 0. The molecule has 2 heteroatoms. The van der Waals surface area contributed by atoms with E-state index in [9.17, 15) is 0 Å². The average molecular weight is 144 g/mol. The standard InChI is InChI=1S/C8H18B.FH/c1-7(2,3)9-8(4,5)6;/h1-6H3;1H/q+1;/p-1. The van der Waals surface area contributed by atoms with E-state index in [0.717, 1.165) is 0 Å². The third-order valence-electron chi connectivity index (χ3n) is 0.866. The Kier molecular flexibility index (Phi) is 4.31. The van der Waals surface area contributed by atoms with Crippen LogP contribution in [0.4, 0.5) is 0 Å². The van der Waals surface area contributed by atoms with Gasteiger partial charge >= 0.3 is 59.5 Å². The number of hydrogen-bond acceptors (Lipinski definition) is 0. The number of halogens is 1. The first kappa shape index (κ1) is 12.7. The second-order valence-corrected chi connectivity index (χ2v) is 4.88. The second kappa shape index (κ2) is 3.40. The van der Waals surface area contributed by atoms with E-state index in [1.807, 2.05) is 0 Å². The summed E-state index contributed by atoms with van der Waals surface area (Å²) in [6, 6.07) is 0. The van der Waals surface area contributed by atoms with Crippen molar-refractivity contribution in [1.29, 1.82) is 0 Å². The Morgan fingerprint density at radius 1 is 0.700 bits per heavy atom. The van der Waals surface area contributed by atoms with Gasteiger partial charge in [0.2, 0.25) is 0 Å². The van der Waals surface area contributed by atoms with Crippen molar-refractivity contribution < 1.29 is 4.70 Å². The van der Waals surface area contributed by atoms with E-state index in [0.29, 0.717) is 10.6 Å². The average Bonchev–Trinajstić information content (AvgIpc) is 1.14. The summed E-state index contributed by atoms with van der Waals surface area (Å²) >= 11 is 0. The Labute approximate surface area is 65.0 Å². The smallest absolute Gasteiger partial charge is 1.00 e. The number of rotatable bonds is 0. The van der Waals surface area contributed by atoms with Crippen LogP contribution in [0.25, 0.3) is 0 Å². The maximum Gasteiger partial charge on any atom is -1.00 e. The summed E-state index contributed by atoms with van der Waals surface area (Å²) in [4.78, 5) is 0. The zero-order valence-corrected chi connectivity index (χ0v) is 7.96. The van der Waals surface area contributed by atoms with E-state index in [-0.39, 0.29) is 4.70 Å². The quantitative estimate of drug-likeness (QED) is 0.424. The van der Waals surface area contributed by atoms with E-state index in [2.05, 4.69) is 48.8 Å². The van der Waals surface area contributed by atoms with Crippen LogP contribution in [0.1, 0.15) is 41.5 Å². The van der Waals surface area contributed by atoms with Gasteiger partial charge in [0.15, 0.2) is 0 Å². The van der Waals surface area contributed by atoms with Crippen molar-refractivity contribution in [2.75, 3.05) is 0 Å². The molecule has 0 aliphatic heterocycles. The van der Waals surface area contributed by atoms with Crippen molar-refractivity contribution in [2.24, 2.45) is 0 Å². The maximum atomic E-state index is 2.38. The molecule has 60 valence electrons. The van der Waals surface area contributed by atoms with Crippen LogP contribution in [0.2, 0.25) is 10.6 Å². The minimum absolute atomic E-state index is 0. The predicted molar refractivity (Wildman–Crippen MR) is 45.2 cm³/mol. The minimum atomic E-state index is 0. The molecule has 0 atom stereocenters. The van der Waals surface area contributed by atoms with Crippen LogP contribution in [-0.2, 0) is 0 Å². The minimum Gasteiger partial charge on any atom is -1.00 e. The van der Waals surface area contributed by atoms with Crippen molar-refractivity contribution in [3.8, 4) is 0 Å². The molecule has 0 bridgehead atoms. The Balaban J connectivity index is 0. The van der Waals surface area contributed by atoms with Crippen LogP contribution in [0.5, 0.6) is 0 Å². The van der Waals surface area contributed by atoms with Gasteiger partial charge in [-0.05, 0) is 0 Å². The van der Waals surface area contributed by atoms with E-state index in [4.69, 9.17) is 0 Å². The van der Waals surface area contributed by atoms with Crippen LogP contribution in [0.15, 0.2) is 0 Å². The molecule has 0 N–H and O–H groups in total. The molecule has 0 spiro atoms. The second-order valence-electron chi connectivity index (χ2n) is 4.88. The van der Waals surface area contributed by atoms with Crippen LogP contribution in [0.3, 0.4) is 0 Å². The third-order valence-corrected chi connectivity index (χ3v) is 0.866. The van der Waals surface area contributed by atoms with Gasteiger partial charge in [0.25, 0.3) is 0 Å². The molecule has 0 aliphatic rings. The monoisotopic (exact) mass is 144 g/mol. The van der Waals surface area contributed by atoms with E-state index in [1.165, 1.54) is 0 Å². The molecule has 0 radical (unpaired) electrons. The van der Waals surface area contributed by atoms with Crippen molar-refractivity contribution in [3.05, 3.63) is 0 Å². The van der Waals surface area contributed by atoms with Gasteiger partial charge in [0.1, 0.15) is 0 Å². The van der Waals surface area contributed by atoms with Gasteiger partial charge in [0, 0.05) is 0 Å². The molecule has 10 heavy (non-hydrogen) atoms. The molecule has 0 aromatic heterocycles. The molecule has 0 rings (SSSR count). The van der Waals surface area contributed by atoms with Crippen molar-refractivity contribution in [1.82, 2.24) is 0 Å². The van der Waals surface area contributed by atoms with Crippen molar-refractivity contribution >= 4 is 7.28 Å². The summed E-state index contributed by atoms with van der Waals surface area (Å²) in [5.41, 5.74) is 0. The van der Waals surface area contributed by atoms with E-state index in [1.54, 1.807) is 0 Å². The summed E-state index contributed by atoms with van der Waals surface area (Å²) in [6.07, 6.45) is 0. The van der Waals surface area contributed by atoms with Crippen LogP contribution < -0.4 is 4.70 Å². The van der Waals surface area contributed by atoms with Crippen LogP contribution in [-0.4, -0.2) is 7.28 Å². The predicted octanol–water partition coefficient (Wildman–Crippen LogP) is 0.131. The summed E-state index contributed by atoms with van der Waals surface area (Å²) in [6.45, 7) is 13.4. The van der Waals surface area contributed by atoms with Gasteiger partial charge < -0.3 is 4.70 Å². The molecule has 0 fully saturated rings. The van der Waals surface area contributed by atoms with Gasteiger partial charge in [-0.2, -0.15) is 0 Å². The van der Waals surface area contributed by atoms with Crippen molar-refractivity contribution in [2.45, 2.75) is 52.2 Å². The third kappa shape index (κ3) is 10.9. The SMILES string of the molecule is CC(C)(C)[B+]C(C)(C)C.[F-]. The molecule has 0 nitrogen and oxygen atoms in total. The fraction of sp³-hybridized carbons (Fsp3) is 1.00. The molecular formula is C8H18BF. The van der Waals surface area contributed by atoms with Crippen LogP contribution in [0, 0.1) is 0 Å². The van der Waals surface area contributed by atoms with Crippen molar-refractivity contribution in [3.63, 3.8) is 0 Å². The largest absolute Gasteiger partial charge is 1.00 e. The zero-order chi connectivity index (χ0) is 7.71. The summed E-state index contributed by atoms with van der Waals surface area (Å²) < 4.78 is 0. The molecule has 0 saturated heterocycles. The van der Waals surface area contributed by atoms with Gasteiger partial charge in [-0.1, -0.05) is 0 Å². The maximum absolute atomic E-state index is 2.38. The molecule has 0 aromatic carbocycles. The molecule has 0 amide bonds. The van der Waals surface area contributed by atoms with Gasteiger partial charge in [0.05, 0.1) is 0 Å². The Bertz CT molecular complexity index is 74.4. The summed E-state index contributed by atoms with van der Waals surface area (Å²) in [5, 5.41) is 0.719. The molecular weight excluding hydrogens is 126 g/mol. The van der Waals surface area contributed by atoms with E-state index < -0.39 is 0 Å². The first-order chi connectivity index (χ1) is 3.71.